The Morgan fingerprint density at radius 1 is 0.868 bits per heavy atom. The summed E-state index contributed by atoms with van der Waals surface area (Å²) in [6.45, 7) is 7.25. The van der Waals surface area contributed by atoms with Crippen LogP contribution in [0.2, 0.25) is 0 Å². The zero-order chi connectivity index (χ0) is 26.5. The topological polar surface area (TPSA) is 54.3 Å². The van der Waals surface area contributed by atoms with Gasteiger partial charge in [-0.3, -0.25) is 9.59 Å². The van der Waals surface area contributed by atoms with E-state index in [0.29, 0.717) is 0 Å². The normalized spacial score (nSPS) is 20.1. The smallest absolute Gasteiger partial charge is 0.251 e. The van der Waals surface area contributed by atoms with Crippen molar-refractivity contribution < 1.29 is 9.59 Å². The molecule has 200 valence electrons. The van der Waals surface area contributed by atoms with Crippen LogP contribution in [-0.4, -0.2) is 46.8 Å². The summed E-state index contributed by atoms with van der Waals surface area (Å²) in [5, 5.41) is 3.27. The molecule has 1 aliphatic heterocycles. The van der Waals surface area contributed by atoms with Crippen LogP contribution < -0.4 is 5.32 Å². The number of ketones is 1. The minimum absolute atomic E-state index is 0.0369. The van der Waals surface area contributed by atoms with Gasteiger partial charge in [-0.2, -0.15) is 0 Å². The van der Waals surface area contributed by atoms with Crippen molar-refractivity contribution in [3.05, 3.63) is 89.2 Å². The van der Waals surface area contributed by atoms with E-state index in [1.54, 1.807) is 0 Å². The highest BCUT2D eigenvalue weighted by atomic mass is 16.1. The minimum atomic E-state index is 0.0369. The monoisotopic (exact) mass is 511 g/mol. The first-order chi connectivity index (χ1) is 18.5. The Bertz CT molecular complexity index is 1220. The van der Waals surface area contributed by atoms with E-state index in [-0.39, 0.29) is 23.7 Å². The number of hydrogen-bond donors (Lipinski definition) is 1. The number of aromatic nitrogens is 1. The molecule has 5 rings (SSSR count). The third-order valence-electron chi connectivity index (χ3n) is 8.48. The molecule has 38 heavy (non-hydrogen) atoms. The molecule has 0 saturated heterocycles. The molecule has 3 aromatic rings. The van der Waals surface area contributed by atoms with Gasteiger partial charge in [0.05, 0.1) is 0 Å². The van der Waals surface area contributed by atoms with Crippen molar-refractivity contribution in [2.75, 3.05) is 19.6 Å². The Balaban J connectivity index is 1.04. The number of nitrogens with zero attached hydrogens (tertiary/aromatic N) is 2. The zero-order valence-electron chi connectivity index (χ0n) is 22.9. The molecule has 1 fully saturated rings. The van der Waals surface area contributed by atoms with E-state index in [9.17, 15) is 9.59 Å². The number of Topliss-reactive ketones (excluding diaryl/α,β-unsaturated/α-hetero) is 1. The fraction of sp³-hybridized carbons (Fsp3) is 0.455. The molecule has 0 unspecified atom stereocenters. The second-order valence-corrected chi connectivity index (χ2v) is 11.5. The lowest BCUT2D eigenvalue weighted by Gasteiger charge is -2.30. The summed E-state index contributed by atoms with van der Waals surface area (Å²) in [6.07, 6.45) is 11.8. The van der Waals surface area contributed by atoms with Crippen LogP contribution >= 0.6 is 0 Å². The molecule has 5 nitrogen and oxygen atoms in total. The summed E-state index contributed by atoms with van der Waals surface area (Å²) in [5.41, 5.74) is 5.42. The summed E-state index contributed by atoms with van der Waals surface area (Å²) in [4.78, 5) is 27.8. The summed E-state index contributed by atoms with van der Waals surface area (Å²) in [7, 11) is 0. The molecule has 0 bridgehead atoms. The van der Waals surface area contributed by atoms with Gasteiger partial charge < -0.3 is 14.8 Å². The summed E-state index contributed by atoms with van der Waals surface area (Å²) in [5.74, 6) is 1.06. The molecule has 1 aliphatic carbocycles. The highest BCUT2D eigenvalue weighted by Crippen LogP contribution is 2.28. The molecular formula is C33H41N3O2. The van der Waals surface area contributed by atoms with Crippen LogP contribution in [-0.2, 0) is 12.8 Å². The molecular weight excluding hydrogens is 470 g/mol. The highest BCUT2D eigenvalue weighted by molar-refractivity contribution is 5.97. The maximum Gasteiger partial charge on any atom is 0.251 e. The number of amides is 1. The number of fused-ring (bicyclic) bond motifs is 1. The molecule has 5 heteroatoms. The lowest BCUT2D eigenvalue weighted by atomic mass is 9.84. The van der Waals surface area contributed by atoms with E-state index >= 15 is 0 Å². The predicted octanol–water partition coefficient (Wildman–Crippen LogP) is 6.10. The number of carbonyl (C=O) groups is 2. The van der Waals surface area contributed by atoms with Crippen LogP contribution in [0.4, 0.5) is 0 Å². The number of nitrogens with one attached hydrogen (secondary N) is 1. The van der Waals surface area contributed by atoms with Gasteiger partial charge in [0.1, 0.15) is 0 Å². The quantitative estimate of drug-likeness (QED) is 0.372. The van der Waals surface area contributed by atoms with Gasteiger partial charge in [0.25, 0.3) is 5.91 Å². The fourth-order valence-electron chi connectivity index (χ4n) is 6.00. The Labute approximate surface area is 227 Å². The Morgan fingerprint density at radius 2 is 1.53 bits per heavy atom. The third kappa shape index (κ3) is 6.44. The molecule has 2 aromatic carbocycles. The largest absolute Gasteiger partial charge is 0.349 e. The Kier molecular flexibility index (Phi) is 8.43. The van der Waals surface area contributed by atoms with Crippen LogP contribution in [0.3, 0.4) is 0 Å². The second kappa shape index (κ2) is 12.1. The van der Waals surface area contributed by atoms with Gasteiger partial charge in [-0.1, -0.05) is 26.0 Å². The summed E-state index contributed by atoms with van der Waals surface area (Å²) >= 11 is 0. The first-order valence-electron chi connectivity index (χ1n) is 14.4. The molecule has 1 aromatic heterocycles. The van der Waals surface area contributed by atoms with Crippen LogP contribution in [0, 0.1) is 11.8 Å². The lowest BCUT2D eigenvalue weighted by molar-refractivity contribution is 0.0917. The number of benzene rings is 2. The molecule has 1 N–H and O–H groups in total. The van der Waals surface area contributed by atoms with Crippen molar-refractivity contribution in [3.63, 3.8) is 0 Å². The predicted molar refractivity (Wildman–Crippen MR) is 153 cm³/mol. The first kappa shape index (κ1) is 26.4. The van der Waals surface area contributed by atoms with Gasteiger partial charge in [-0.05, 0) is 111 Å². The molecule has 0 spiro atoms. The van der Waals surface area contributed by atoms with E-state index in [4.69, 9.17) is 0 Å². The van der Waals surface area contributed by atoms with Gasteiger partial charge in [-0.15, -0.1) is 0 Å². The third-order valence-corrected chi connectivity index (χ3v) is 8.48. The highest BCUT2D eigenvalue weighted by Gasteiger charge is 2.24. The Hall–Kier alpha value is -3.18. The van der Waals surface area contributed by atoms with Gasteiger partial charge in [-0.25, -0.2) is 0 Å². The maximum absolute atomic E-state index is 12.8. The molecule has 2 heterocycles. The number of carbonyl (C=O) groups excluding carboxylic acids is 2. The zero-order valence-corrected chi connectivity index (χ0v) is 22.9. The fourth-order valence-corrected chi connectivity index (χ4v) is 6.00. The van der Waals surface area contributed by atoms with Gasteiger partial charge in [0.15, 0.2) is 5.78 Å². The number of hydrogen-bond acceptors (Lipinski definition) is 3. The molecule has 1 saturated carbocycles. The van der Waals surface area contributed by atoms with E-state index < -0.39 is 0 Å². The molecule has 1 amide bonds. The average Bonchev–Trinajstić information content (AvgIpc) is 3.40. The maximum atomic E-state index is 12.8. The van der Waals surface area contributed by atoms with Crippen molar-refractivity contribution in [1.82, 2.24) is 14.8 Å². The van der Waals surface area contributed by atoms with Crippen LogP contribution in [0.5, 0.6) is 0 Å². The SMILES string of the molecule is CC(C)C(=O)c1ccc2c(c1)CCN(CC[C@H]1CC[C@H](NC(=O)c3ccc(-n4cccc4)cc3)CC1)CC2. The second-order valence-electron chi connectivity index (χ2n) is 11.5. The lowest BCUT2D eigenvalue weighted by Crippen LogP contribution is -2.38. The van der Waals surface area contributed by atoms with E-state index in [1.165, 1.54) is 30.4 Å². The van der Waals surface area contributed by atoms with Crippen molar-refractivity contribution >= 4 is 11.7 Å². The molecule has 0 atom stereocenters. The van der Waals surface area contributed by atoms with Crippen molar-refractivity contribution in [2.45, 2.75) is 64.8 Å². The van der Waals surface area contributed by atoms with Crippen molar-refractivity contribution in [1.29, 1.82) is 0 Å². The minimum Gasteiger partial charge on any atom is -0.349 e. The van der Waals surface area contributed by atoms with E-state index in [1.807, 2.05) is 73.3 Å². The summed E-state index contributed by atoms with van der Waals surface area (Å²) in [6, 6.07) is 18.4. The van der Waals surface area contributed by atoms with Gasteiger partial charge in [0, 0.05) is 54.3 Å². The van der Waals surface area contributed by atoms with Gasteiger partial charge >= 0.3 is 0 Å². The van der Waals surface area contributed by atoms with Crippen LogP contribution in [0.15, 0.2) is 67.0 Å². The first-order valence-corrected chi connectivity index (χ1v) is 14.4. The summed E-state index contributed by atoms with van der Waals surface area (Å²) < 4.78 is 2.04. The van der Waals surface area contributed by atoms with E-state index in [2.05, 4.69) is 22.3 Å². The Morgan fingerprint density at radius 3 is 2.21 bits per heavy atom. The molecule has 2 aliphatic rings. The standard InChI is InChI=1S/C33H41N3O2/c1-24(2)32(37)29-8-7-26-16-21-35(22-17-28(26)23-29)20-15-25-5-11-30(12-6-25)34-33(38)27-9-13-31(14-10-27)36-18-3-4-19-36/h3-4,7-10,13-14,18-19,23-25,30H,5-6,11-12,15-17,20-22H2,1-2H3,(H,34,38)/t25-,30-. The molecule has 0 radical (unpaired) electrons. The van der Waals surface area contributed by atoms with Crippen molar-refractivity contribution in [2.24, 2.45) is 11.8 Å². The van der Waals surface area contributed by atoms with Crippen LogP contribution in [0.25, 0.3) is 5.69 Å². The van der Waals surface area contributed by atoms with E-state index in [0.717, 1.165) is 68.0 Å². The number of rotatable bonds is 8. The average molecular weight is 512 g/mol. The van der Waals surface area contributed by atoms with Crippen LogP contribution in [0.1, 0.15) is 77.8 Å². The van der Waals surface area contributed by atoms with Crippen molar-refractivity contribution in [3.8, 4) is 5.69 Å². The van der Waals surface area contributed by atoms with Gasteiger partial charge in [0.2, 0.25) is 0 Å².